The highest BCUT2D eigenvalue weighted by Gasteiger charge is 2.27. The van der Waals surface area contributed by atoms with Crippen molar-refractivity contribution in [2.45, 2.75) is 32.7 Å². The summed E-state index contributed by atoms with van der Waals surface area (Å²) in [7, 11) is 1.38. The van der Waals surface area contributed by atoms with Crippen LogP contribution in [0.1, 0.15) is 48.9 Å². The lowest BCUT2D eigenvalue weighted by Gasteiger charge is -2.16. The van der Waals surface area contributed by atoms with Crippen molar-refractivity contribution < 1.29 is 19.5 Å². The van der Waals surface area contributed by atoms with Crippen molar-refractivity contribution in [1.29, 1.82) is 0 Å². The van der Waals surface area contributed by atoms with Crippen LogP contribution in [0.25, 0.3) is 0 Å². The molecule has 0 aliphatic heterocycles. The zero-order valence-electron chi connectivity index (χ0n) is 11.7. The van der Waals surface area contributed by atoms with Gasteiger partial charge in [0.25, 0.3) is 5.91 Å². The summed E-state index contributed by atoms with van der Waals surface area (Å²) in [6, 6.07) is -1.50. The normalized spacial score (nSPS) is 12.1. The van der Waals surface area contributed by atoms with Gasteiger partial charge in [-0.25, -0.2) is 14.3 Å². The summed E-state index contributed by atoms with van der Waals surface area (Å²) in [5, 5.41) is 20.7. The smallest absolute Gasteiger partial charge is 0.358 e. The number of aromatic carboxylic acids is 1. The van der Waals surface area contributed by atoms with E-state index < -0.39 is 23.9 Å². The quantitative estimate of drug-likeness (QED) is 0.720. The van der Waals surface area contributed by atoms with E-state index >= 15 is 0 Å². The molecule has 0 aliphatic carbocycles. The summed E-state index contributed by atoms with van der Waals surface area (Å²) < 4.78 is 1.21. The van der Waals surface area contributed by atoms with Crippen molar-refractivity contribution in [3.05, 3.63) is 11.4 Å². The Morgan fingerprint density at radius 2 is 1.85 bits per heavy atom. The Bertz CT molecular complexity index is 537. The van der Waals surface area contributed by atoms with Gasteiger partial charge in [-0.15, -0.1) is 5.10 Å². The summed E-state index contributed by atoms with van der Waals surface area (Å²) in [6.45, 7) is 5.04. The van der Waals surface area contributed by atoms with Crippen molar-refractivity contribution in [3.63, 3.8) is 0 Å². The number of rotatable bonds is 4. The van der Waals surface area contributed by atoms with Crippen LogP contribution in [0.15, 0.2) is 0 Å². The van der Waals surface area contributed by atoms with Crippen LogP contribution in [0.2, 0.25) is 0 Å². The molecule has 1 aromatic rings. The lowest BCUT2D eigenvalue weighted by Crippen LogP contribution is -2.41. The number of carboxylic acid groups (broad SMARTS) is 1. The Hall–Kier alpha value is -2.45. The SMILES string of the molecule is CNC(=O)NC(=O)C(C)n1nnc(C(=O)O)c1C(C)C. The van der Waals surface area contributed by atoms with Crippen LogP contribution < -0.4 is 10.6 Å². The van der Waals surface area contributed by atoms with E-state index in [0.717, 1.165) is 0 Å². The summed E-state index contributed by atoms with van der Waals surface area (Å²) in [5.41, 5.74) is 0.136. The third kappa shape index (κ3) is 3.11. The molecule has 3 N–H and O–H groups in total. The van der Waals surface area contributed by atoms with Gasteiger partial charge in [0, 0.05) is 7.05 Å². The van der Waals surface area contributed by atoms with E-state index in [1.54, 1.807) is 13.8 Å². The minimum Gasteiger partial charge on any atom is -0.476 e. The molecule has 0 aromatic carbocycles. The molecule has 1 rings (SSSR count). The first-order valence-electron chi connectivity index (χ1n) is 6.00. The van der Waals surface area contributed by atoms with Gasteiger partial charge >= 0.3 is 12.0 Å². The van der Waals surface area contributed by atoms with Crippen LogP contribution in [0, 0.1) is 0 Å². The van der Waals surface area contributed by atoms with Crippen LogP contribution in [0.4, 0.5) is 4.79 Å². The average Bonchev–Trinajstić information content (AvgIpc) is 2.82. The standard InChI is InChI=1S/C11H17N5O4/c1-5(2)8-7(10(18)19)14-15-16(8)6(3)9(17)13-11(20)12-4/h5-6H,1-4H3,(H,18,19)(H2,12,13,17,20). The number of carboxylic acids is 1. The fourth-order valence-electron chi connectivity index (χ4n) is 1.67. The maximum Gasteiger partial charge on any atom is 0.358 e. The number of nitrogens with one attached hydrogen (secondary N) is 2. The molecule has 0 aliphatic rings. The zero-order valence-corrected chi connectivity index (χ0v) is 11.7. The third-order valence-corrected chi connectivity index (χ3v) is 2.69. The fraction of sp³-hybridized carbons (Fsp3) is 0.545. The second-order valence-electron chi connectivity index (χ2n) is 4.47. The van der Waals surface area contributed by atoms with Gasteiger partial charge in [-0.2, -0.15) is 0 Å². The molecule has 0 bridgehead atoms. The van der Waals surface area contributed by atoms with Crippen LogP contribution in [0.5, 0.6) is 0 Å². The molecule has 1 unspecified atom stereocenters. The minimum absolute atomic E-state index is 0.189. The molecule has 9 nitrogen and oxygen atoms in total. The highest BCUT2D eigenvalue weighted by Crippen LogP contribution is 2.21. The summed E-state index contributed by atoms with van der Waals surface area (Å²) in [4.78, 5) is 34.0. The van der Waals surface area contributed by atoms with Gasteiger partial charge in [0.1, 0.15) is 6.04 Å². The Morgan fingerprint density at radius 1 is 1.25 bits per heavy atom. The Labute approximate surface area is 115 Å². The van der Waals surface area contributed by atoms with Gasteiger partial charge in [-0.05, 0) is 12.8 Å². The Balaban J connectivity index is 3.10. The number of hydrogen-bond acceptors (Lipinski definition) is 5. The molecule has 1 aromatic heterocycles. The molecular weight excluding hydrogens is 266 g/mol. The number of hydrogen-bond donors (Lipinski definition) is 3. The van der Waals surface area contributed by atoms with Crippen molar-refractivity contribution in [2.24, 2.45) is 0 Å². The molecule has 1 heterocycles. The van der Waals surface area contributed by atoms with Gasteiger partial charge < -0.3 is 10.4 Å². The number of urea groups is 1. The van der Waals surface area contributed by atoms with Crippen molar-refractivity contribution in [3.8, 4) is 0 Å². The summed E-state index contributed by atoms with van der Waals surface area (Å²) in [6.07, 6.45) is 0. The monoisotopic (exact) mass is 283 g/mol. The van der Waals surface area contributed by atoms with E-state index in [2.05, 4.69) is 20.9 Å². The average molecular weight is 283 g/mol. The zero-order chi connectivity index (χ0) is 15.4. The molecule has 110 valence electrons. The predicted octanol–water partition coefficient (Wildman–Crippen LogP) is 0.116. The van der Waals surface area contributed by atoms with Crippen molar-refractivity contribution >= 4 is 17.9 Å². The molecule has 9 heteroatoms. The van der Waals surface area contributed by atoms with E-state index in [1.807, 2.05) is 0 Å². The van der Waals surface area contributed by atoms with E-state index in [0.29, 0.717) is 5.69 Å². The topological polar surface area (TPSA) is 126 Å². The highest BCUT2D eigenvalue weighted by atomic mass is 16.4. The van der Waals surface area contributed by atoms with Gasteiger partial charge in [-0.3, -0.25) is 10.1 Å². The molecule has 0 saturated carbocycles. The first-order valence-corrected chi connectivity index (χ1v) is 6.00. The Kier molecular flexibility index (Phi) is 4.78. The maximum atomic E-state index is 11.9. The first-order chi connectivity index (χ1) is 9.29. The van der Waals surface area contributed by atoms with E-state index in [1.165, 1.54) is 18.7 Å². The molecule has 0 spiro atoms. The predicted molar refractivity (Wildman–Crippen MR) is 68.4 cm³/mol. The number of carbonyl (C=O) groups is 3. The van der Waals surface area contributed by atoms with Gasteiger partial charge in [0.15, 0.2) is 5.69 Å². The second kappa shape index (κ2) is 6.13. The second-order valence-corrected chi connectivity index (χ2v) is 4.47. The lowest BCUT2D eigenvalue weighted by atomic mass is 10.1. The van der Waals surface area contributed by atoms with Gasteiger partial charge in [0.2, 0.25) is 0 Å². The summed E-state index contributed by atoms with van der Waals surface area (Å²) >= 11 is 0. The van der Waals surface area contributed by atoms with Gasteiger partial charge in [0.05, 0.1) is 5.69 Å². The molecule has 3 amide bonds. The largest absolute Gasteiger partial charge is 0.476 e. The van der Waals surface area contributed by atoms with Crippen LogP contribution in [0.3, 0.4) is 0 Å². The van der Waals surface area contributed by atoms with Crippen molar-refractivity contribution in [2.75, 3.05) is 7.05 Å². The molecular formula is C11H17N5O4. The number of carbonyl (C=O) groups excluding carboxylic acids is 2. The third-order valence-electron chi connectivity index (χ3n) is 2.69. The first kappa shape index (κ1) is 15.6. The number of nitrogens with zero attached hydrogens (tertiary/aromatic N) is 3. The number of amides is 3. The van der Waals surface area contributed by atoms with E-state index in [-0.39, 0.29) is 11.6 Å². The molecule has 0 radical (unpaired) electrons. The van der Waals surface area contributed by atoms with Crippen LogP contribution >= 0.6 is 0 Å². The van der Waals surface area contributed by atoms with Crippen LogP contribution in [-0.4, -0.2) is 45.1 Å². The number of aromatic nitrogens is 3. The minimum atomic E-state index is -1.21. The van der Waals surface area contributed by atoms with Crippen molar-refractivity contribution in [1.82, 2.24) is 25.6 Å². The number of imide groups is 1. The molecule has 0 saturated heterocycles. The van der Waals surface area contributed by atoms with Crippen LogP contribution in [-0.2, 0) is 4.79 Å². The fourth-order valence-corrected chi connectivity index (χ4v) is 1.67. The lowest BCUT2D eigenvalue weighted by molar-refractivity contribution is -0.123. The van der Waals surface area contributed by atoms with E-state index in [9.17, 15) is 14.4 Å². The Morgan fingerprint density at radius 3 is 2.30 bits per heavy atom. The molecule has 1 atom stereocenters. The summed E-state index contributed by atoms with van der Waals surface area (Å²) in [5.74, 6) is -2.00. The van der Waals surface area contributed by atoms with Gasteiger partial charge in [-0.1, -0.05) is 19.1 Å². The molecule has 0 fully saturated rings. The highest BCUT2D eigenvalue weighted by molar-refractivity contribution is 5.96. The maximum absolute atomic E-state index is 11.9. The molecule has 20 heavy (non-hydrogen) atoms. The van der Waals surface area contributed by atoms with E-state index in [4.69, 9.17) is 5.11 Å².